The number of guanidine groups is 1. The SMILES string of the molecule is CNC(=O)c1ccc2c(c1)N1CCCCCOc3c(cnn3C)-c3cc(cc(C)n3)C(=O)/N=C/1N2. The fourth-order valence-electron chi connectivity index (χ4n) is 4.34. The van der Waals surface area contributed by atoms with Gasteiger partial charge in [0.05, 0.1) is 35.4 Å². The van der Waals surface area contributed by atoms with E-state index in [1.54, 1.807) is 36.1 Å². The molecule has 5 rings (SSSR count). The molecule has 35 heavy (non-hydrogen) atoms. The van der Waals surface area contributed by atoms with Gasteiger partial charge in [-0.05, 0) is 56.5 Å². The highest BCUT2D eigenvalue weighted by molar-refractivity contribution is 6.19. The van der Waals surface area contributed by atoms with Gasteiger partial charge in [0.15, 0.2) is 0 Å². The number of aromatic nitrogens is 3. The number of hydrogen-bond donors (Lipinski definition) is 2. The number of nitrogens with zero attached hydrogens (tertiary/aromatic N) is 5. The van der Waals surface area contributed by atoms with Crippen LogP contribution < -0.4 is 20.3 Å². The molecule has 0 aliphatic carbocycles. The van der Waals surface area contributed by atoms with Crippen LogP contribution >= 0.6 is 0 Å². The maximum Gasteiger partial charge on any atom is 0.280 e. The molecule has 10 heteroatoms. The molecule has 0 radical (unpaired) electrons. The normalized spacial score (nSPS) is 16.9. The Bertz CT molecular complexity index is 1340. The maximum atomic E-state index is 13.3. The molecule has 2 aliphatic heterocycles. The third-order valence-corrected chi connectivity index (χ3v) is 6.11. The Morgan fingerprint density at radius 2 is 2.03 bits per heavy atom. The van der Waals surface area contributed by atoms with Crippen LogP contribution in [-0.4, -0.2) is 52.7 Å². The van der Waals surface area contributed by atoms with Crippen molar-refractivity contribution in [1.82, 2.24) is 20.1 Å². The summed E-state index contributed by atoms with van der Waals surface area (Å²) in [5.74, 6) is 0.521. The fraction of sp³-hybridized carbons (Fsp3) is 0.320. The molecular formula is C25H27N7O3. The predicted octanol–water partition coefficient (Wildman–Crippen LogP) is 3.14. The third kappa shape index (κ3) is 4.34. The number of amides is 2. The first-order valence-corrected chi connectivity index (χ1v) is 11.6. The van der Waals surface area contributed by atoms with E-state index >= 15 is 0 Å². The van der Waals surface area contributed by atoms with E-state index in [2.05, 4.69) is 25.7 Å². The number of pyridine rings is 1. The molecule has 0 unspecified atom stereocenters. The standard InChI is InChI=1S/C25H27N7O3/c1-15-11-17-12-20(28-15)18-14-27-31(3)24(18)35-10-6-4-5-9-32-21-13-16(22(33)26-2)7-8-19(21)29-25(32)30-23(17)34/h7-8,11-14H,4-6,9-10H2,1-3H3,(H,26,33)(H,29,30,34). The van der Waals surface area contributed by atoms with Crippen LogP contribution in [0.25, 0.3) is 11.3 Å². The van der Waals surface area contributed by atoms with Gasteiger partial charge in [-0.15, -0.1) is 0 Å². The van der Waals surface area contributed by atoms with Gasteiger partial charge < -0.3 is 20.3 Å². The average molecular weight is 474 g/mol. The molecular weight excluding hydrogens is 446 g/mol. The number of carbonyl (C=O) groups excluding carboxylic acids is 2. The Morgan fingerprint density at radius 1 is 1.17 bits per heavy atom. The van der Waals surface area contributed by atoms with Gasteiger partial charge in [0, 0.05) is 37.5 Å². The number of fused-ring (bicyclic) bond motifs is 7. The van der Waals surface area contributed by atoms with Crippen LogP contribution in [0.1, 0.15) is 45.7 Å². The van der Waals surface area contributed by atoms with E-state index in [-0.39, 0.29) is 11.8 Å². The molecule has 180 valence electrons. The van der Waals surface area contributed by atoms with Crippen molar-refractivity contribution in [3.63, 3.8) is 0 Å². The summed E-state index contributed by atoms with van der Waals surface area (Å²) in [7, 11) is 3.43. The quantitative estimate of drug-likeness (QED) is 0.558. The van der Waals surface area contributed by atoms with Gasteiger partial charge in [-0.25, -0.2) is 4.68 Å². The molecule has 2 N–H and O–H groups in total. The van der Waals surface area contributed by atoms with E-state index in [9.17, 15) is 9.59 Å². The second-order valence-electron chi connectivity index (χ2n) is 8.61. The minimum atomic E-state index is -0.384. The molecule has 0 atom stereocenters. The molecule has 0 saturated heterocycles. The van der Waals surface area contributed by atoms with Gasteiger partial charge in [-0.3, -0.25) is 14.6 Å². The Morgan fingerprint density at radius 3 is 2.86 bits per heavy atom. The molecule has 1 aromatic carbocycles. The van der Waals surface area contributed by atoms with E-state index < -0.39 is 0 Å². The molecule has 2 aromatic heterocycles. The lowest BCUT2D eigenvalue weighted by molar-refractivity contribution is 0.0961. The highest BCUT2D eigenvalue weighted by Gasteiger charge is 2.27. The van der Waals surface area contributed by atoms with Gasteiger partial charge in [-0.1, -0.05) is 0 Å². The summed E-state index contributed by atoms with van der Waals surface area (Å²) in [4.78, 5) is 36.5. The van der Waals surface area contributed by atoms with Crippen LogP contribution in [0.2, 0.25) is 0 Å². The number of hydrogen-bond acceptors (Lipinski definition) is 7. The lowest BCUT2D eigenvalue weighted by Gasteiger charge is -2.19. The Kier molecular flexibility index (Phi) is 5.94. The van der Waals surface area contributed by atoms with E-state index in [4.69, 9.17) is 4.74 Å². The number of rotatable bonds is 1. The number of aliphatic imine (C=N–C) groups is 1. The van der Waals surface area contributed by atoms with Gasteiger partial charge in [0.1, 0.15) is 0 Å². The summed E-state index contributed by atoms with van der Waals surface area (Å²) < 4.78 is 7.75. The zero-order chi connectivity index (χ0) is 24.5. The zero-order valence-electron chi connectivity index (χ0n) is 20.0. The Labute approximate surface area is 203 Å². The molecule has 2 amide bonds. The maximum absolute atomic E-state index is 13.3. The van der Waals surface area contributed by atoms with Crippen molar-refractivity contribution in [2.45, 2.75) is 26.2 Å². The van der Waals surface area contributed by atoms with Crippen molar-refractivity contribution < 1.29 is 14.3 Å². The van der Waals surface area contributed by atoms with Gasteiger partial charge in [0.2, 0.25) is 11.8 Å². The molecule has 2 aliphatic rings. The van der Waals surface area contributed by atoms with E-state index in [0.717, 1.165) is 36.2 Å². The largest absolute Gasteiger partial charge is 0.477 e. The monoisotopic (exact) mass is 473 g/mol. The van der Waals surface area contributed by atoms with Crippen molar-refractivity contribution in [2.24, 2.45) is 12.0 Å². The van der Waals surface area contributed by atoms with Crippen LogP contribution in [0.15, 0.2) is 41.5 Å². The first-order chi connectivity index (χ1) is 16.9. The van der Waals surface area contributed by atoms with Crippen molar-refractivity contribution in [3.8, 4) is 17.1 Å². The van der Waals surface area contributed by atoms with Crippen LogP contribution in [0.3, 0.4) is 0 Å². The molecule has 0 spiro atoms. The first-order valence-electron chi connectivity index (χ1n) is 11.6. The highest BCUT2D eigenvalue weighted by Crippen LogP contribution is 2.34. The second kappa shape index (κ2) is 9.21. The smallest absolute Gasteiger partial charge is 0.280 e. The number of aryl methyl sites for hydroxylation is 2. The van der Waals surface area contributed by atoms with Crippen molar-refractivity contribution in [2.75, 3.05) is 30.4 Å². The molecule has 0 fully saturated rings. The van der Waals surface area contributed by atoms with Crippen molar-refractivity contribution >= 4 is 29.1 Å². The lowest BCUT2D eigenvalue weighted by atomic mass is 10.1. The minimum absolute atomic E-state index is 0.168. The molecule has 2 bridgehead atoms. The second-order valence-corrected chi connectivity index (χ2v) is 8.61. The third-order valence-electron chi connectivity index (χ3n) is 6.11. The number of anilines is 2. The average Bonchev–Trinajstić information content (AvgIpc) is 3.38. The van der Waals surface area contributed by atoms with Crippen LogP contribution in [0, 0.1) is 6.92 Å². The van der Waals surface area contributed by atoms with Crippen LogP contribution in [-0.2, 0) is 7.05 Å². The van der Waals surface area contributed by atoms with E-state index in [1.165, 1.54) is 0 Å². The minimum Gasteiger partial charge on any atom is -0.477 e. The topological polar surface area (TPSA) is 114 Å². The van der Waals surface area contributed by atoms with Crippen molar-refractivity contribution in [1.29, 1.82) is 0 Å². The number of carbonyl (C=O) groups is 2. The van der Waals surface area contributed by atoms with Crippen molar-refractivity contribution in [3.05, 3.63) is 53.3 Å². The van der Waals surface area contributed by atoms with E-state index in [0.29, 0.717) is 47.5 Å². The highest BCUT2D eigenvalue weighted by atomic mass is 16.5. The fourth-order valence-corrected chi connectivity index (χ4v) is 4.34. The summed E-state index contributed by atoms with van der Waals surface area (Å²) in [5.41, 5.74) is 4.64. The Hall–Kier alpha value is -4.21. The number of benzene rings is 1. The summed E-state index contributed by atoms with van der Waals surface area (Å²) >= 11 is 0. The zero-order valence-corrected chi connectivity index (χ0v) is 20.0. The van der Waals surface area contributed by atoms with Crippen LogP contribution in [0.4, 0.5) is 11.4 Å². The molecule has 10 nitrogen and oxygen atoms in total. The lowest BCUT2D eigenvalue weighted by Crippen LogP contribution is -2.32. The molecule has 3 aromatic rings. The van der Waals surface area contributed by atoms with Gasteiger partial charge in [0.25, 0.3) is 11.8 Å². The Balaban J connectivity index is 1.56. The summed E-state index contributed by atoms with van der Waals surface area (Å²) in [5, 5.41) is 10.2. The molecule has 0 saturated carbocycles. The summed E-state index contributed by atoms with van der Waals surface area (Å²) in [6, 6.07) is 8.86. The van der Waals surface area contributed by atoms with E-state index in [1.807, 2.05) is 31.0 Å². The number of nitrogens with one attached hydrogen (secondary N) is 2. The predicted molar refractivity (Wildman–Crippen MR) is 133 cm³/mol. The number of ether oxygens (including phenoxy) is 1. The van der Waals surface area contributed by atoms with Gasteiger partial charge in [-0.2, -0.15) is 10.1 Å². The van der Waals surface area contributed by atoms with Crippen LogP contribution in [0.5, 0.6) is 5.88 Å². The first kappa shape index (κ1) is 22.6. The van der Waals surface area contributed by atoms with Gasteiger partial charge >= 0.3 is 0 Å². The summed E-state index contributed by atoms with van der Waals surface area (Å²) in [6.45, 7) is 3.02. The molecule has 4 heterocycles. The summed E-state index contributed by atoms with van der Waals surface area (Å²) in [6.07, 6.45) is 4.33.